The highest BCUT2D eigenvalue weighted by atomic mass is 16.1. The summed E-state index contributed by atoms with van der Waals surface area (Å²) in [5.74, 6) is 0. The third kappa shape index (κ3) is 0.665. The van der Waals surface area contributed by atoms with Gasteiger partial charge in [0.1, 0.15) is 0 Å². The number of aromatic amines is 1. The van der Waals surface area contributed by atoms with Crippen LogP contribution >= 0.6 is 0 Å². The van der Waals surface area contributed by atoms with E-state index in [2.05, 4.69) is 5.10 Å². The van der Waals surface area contributed by atoms with E-state index >= 15 is 0 Å². The minimum atomic E-state index is 0.0347. The lowest BCUT2D eigenvalue weighted by Gasteiger charge is -1.89. The van der Waals surface area contributed by atoms with E-state index in [4.69, 9.17) is 0 Å². The summed E-state index contributed by atoms with van der Waals surface area (Å²) in [6.45, 7) is 2.63. The molecule has 0 aliphatic rings. The molecule has 1 heterocycles. The molecule has 3 nitrogen and oxygen atoms in total. The third-order valence-corrected chi connectivity index (χ3v) is 1.04. The van der Waals surface area contributed by atoms with Gasteiger partial charge in [-0.15, -0.1) is 0 Å². The van der Waals surface area contributed by atoms with E-state index in [1.807, 2.05) is 6.92 Å². The largest absolute Gasteiger partial charge is 0.303 e. The SMILES string of the molecule is CCn1[nH]ccc1=O. The van der Waals surface area contributed by atoms with Gasteiger partial charge in [-0.05, 0) is 6.92 Å². The van der Waals surface area contributed by atoms with Crippen LogP contribution in [0.15, 0.2) is 17.1 Å². The molecular weight excluding hydrogens is 104 g/mol. The third-order valence-electron chi connectivity index (χ3n) is 1.04. The maximum Gasteiger partial charge on any atom is 0.266 e. The van der Waals surface area contributed by atoms with Crippen LogP contribution in [0.5, 0.6) is 0 Å². The highest BCUT2D eigenvalue weighted by Gasteiger charge is 1.86. The number of aromatic nitrogens is 2. The Bertz CT molecular complexity index is 210. The molecule has 0 aliphatic heterocycles. The van der Waals surface area contributed by atoms with Gasteiger partial charge in [0.15, 0.2) is 0 Å². The van der Waals surface area contributed by atoms with Crippen molar-refractivity contribution in [1.82, 2.24) is 9.78 Å². The summed E-state index contributed by atoms with van der Waals surface area (Å²) >= 11 is 0. The summed E-state index contributed by atoms with van der Waals surface area (Å²) in [5, 5.41) is 2.76. The molecular formula is C5H8N2O. The number of rotatable bonds is 1. The predicted molar refractivity (Wildman–Crippen MR) is 30.7 cm³/mol. The van der Waals surface area contributed by atoms with Crippen molar-refractivity contribution >= 4 is 0 Å². The lowest BCUT2D eigenvalue weighted by Crippen LogP contribution is -2.13. The molecule has 1 aromatic heterocycles. The zero-order valence-electron chi connectivity index (χ0n) is 4.72. The maximum absolute atomic E-state index is 10.6. The zero-order chi connectivity index (χ0) is 5.98. The Labute approximate surface area is 46.9 Å². The van der Waals surface area contributed by atoms with E-state index in [-0.39, 0.29) is 5.56 Å². The van der Waals surface area contributed by atoms with Crippen LogP contribution in [0, 0.1) is 0 Å². The molecule has 0 aliphatic carbocycles. The van der Waals surface area contributed by atoms with Gasteiger partial charge in [-0.25, -0.2) is 0 Å². The molecule has 1 N–H and O–H groups in total. The van der Waals surface area contributed by atoms with Gasteiger partial charge in [0.05, 0.1) is 0 Å². The summed E-state index contributed by atoms with van der Waals surface area (Å²) in [4.78, 5) is 10.6. The van der Waals surface area contributed by atoms with Crippen molar-refractivity contribution in [2.45, 2.75) is 13.5 Å². The molecule has 0 saturated heterocycles. The second-order valence-corrected chi connectivity index (χ2v) is 1.54. The number of nitrogens with one attached hydrogen (secondary N) is 1. The summed E-state index contributed by atoms with van der Waals surface area (Å²) in [6, 6.07) is 1.50. The van der Waals surface area contributed by atoms with Gasteiger partial charge in [0, 0.05) is 18.8 Å². The second kappa shape index (κ2) is 1.86. The quantitative estimate of drug-likeness (QED) is 0.553. The Hall–Kier alpha value is -0.990. The first-order valence-corrected chi connectivity index (χ1v) is 2.59. The molecule has 0 radical (unpaired) electrons. The van der Waals surface area contributed by atoms with Crippen molar-refractivity contribution in [1.29, 1.82) is 0 Å². The molecule has 8 heavy (non-hydrogen) atoms. The van der Waals surface area contributed by atoms with Crippen LogP contribution in [0.2, 0.25) is 0 Å². The summed E-state index contributed by atoms with van der Waals surface area (Å²) < 4.78 is 1.53. The normalized spacial score (nSPS) is 9.62. The topological polar surface area (TPSA) is 37.8 Å². The van der Waals surface area contributed by atoms with Gasteiger partial charge in [-0.1, -0.05) is 0 Å². The van der Waals surface area contributed by atoms with Gasteiger partial charge in [-0.3, -0.25) is 9.48 Å². The Kier molecular flexibility index (Phi) is 1.20. The molecule has 1 aromatic rings. The standard InChI is InChI=1S/C5H8N2O/c1-2-7-5(8)3-4-6-7/h3-4,6H,2H2,1H3. The molecule has 0 bridgehead atoms. The first-order valence-electron chi connectivity index (χ1n) is 2.59. The number of nitrogens with zero attached hydrogens (tertiary/aromatic N) is 1. The van der Waals surface area contributed by atoms with E-state index < -0.39 is 0 Å². The summed E-state index contributed by atoms with van der Waals surface area (Å²) in [5.41, 5.74) is 0.0347. The van der Waals surface area contributed by atoms with Crippen LogP contribution < -0.4 is 5.56 Å². The average molecular weight is 112 g/mol. The monoisotopic (exact) mass is 112 g/mol. The lowest BCUT2D eigenvalue weighted by atomic mass is 10.7. The fraction of sp³-hybridized carbons (Fsp3) is 0.400. The molecule has 0 unspecified atom stereocenters. The number of H-pyrrole nitrogens is 1. The van der Waals surface area contributed by atoms with Crippen LogP contribution in [-0.4, -0.2) is 9.78 Å². The van der Waals surface area contributed by atoms with Gasteiger partial charge in [-0.2, -0.15) is 0 Å². The molecule has 0 aromatic carbocycles. The first-order chi connectivity index (χ1) is 3.84. The minimum absolute atomic E-state index is 0.0347. The Morgan fingerprint density at radius 2 is 2.62 bits per heavy atom. The number of aryl methyl sites for hydroxylation is 1. The Morgan fingerprint density at radius 3 is 2.88 bits per heavy atom. The molecule has 1 rings (SSSR count). The zero-order valence-corrected chi connectivity index (χ0v) is 4.72. The smallest absolute Gasteiger partial charge is 0.266 e. The van der Waals surface area contributed by atoms with Crippen LogP contribution in [0.3, 0.4) is 0 Å². The van der Waals surface area contributed by atoms with Crippen molar-refractivity contribution in [3.8, 4) is 0 Å². The van der Waals surface area contributed by atoms with E-state index in [1.165, 1.54) is 10.7 Å². The molecule has 3 heteroatoms. The summed E-state index contributed by atoms with van der Waals surface area (Å²) in [6.07, 6.45) is 1.63. The van der Waals surface area contributed by atoms with Gasteiger partial charge < -0.3 is 5.10 Å². The molecule has 0 amide bonds. The fourth-order valence-corrected chi connectivity index (χ4v) is 0.599. The van der Waals surface area contributed by atoms with Crippen LogP contribution in [0.25, 0.3) is 0 Å². The second-order valence-electron chi connectivity index (χ2n) is 1.54. The van der Waals surface area contributed by atoms with Crippen molar-refractivity contribution in [2.24, 2.45) is 0 Å². The molecule has 0 spiro atoms. The van der Waals surface area contributed by atoms with E-state index in [0.717, 1.165) is 0 Å². The van der Waals surface area contributed by atoms with Crippen molar-refractivity contribution in [3.05, 3.63) is 22.6 Å². The van der Waals surface area contributed by atoms with Crippen molar-refractivity contribution in [3.63, 3.8) is 0 Å². The number of hydrogen-bond acceptors (Lipinski definition) is 1. The predicted octanol–water partition coefficient (Wildman–Crippen LogP) is 0.196. The average Bonchev–Trinajstić information content (AvgIpc) is 2.14. The van der Waals surface area contributed by atoms with E-state index in [9.17, 15) is 4.79 Å². The highest BCUT2D eigenvalue weighted by Crippen LogP contribution is 1.71. The fourth-order valence-electron chi connectivity index (χ4n) is 0.599. The van der Waals surface area contributed by atoms with Crippen LogP contribution in [-0.2, 0) is 6.54 Å². The molecule has 0 saturated carbocycles. The van der Waals surface area contributed by atoms with Gasteiger partial charge in [0.2, 0.25) is 0 Å². The van der Waals surface area contributed by atoms with Crippen molar-refractivity contribution in [2.75, 3.05) is 0 Å². The van der Waals surface area contributed by atoms with Crippen LogP contribution in [0.4, 0.5) is 0 Å². The van der Waals surface area contributed by atoms with Gasteiger partial charge in [0.25, 0.3) is 5.56 Å². The Morgan fingerprint density at radius 1 is 1.88 bits per heavy atom. The number of hydrogen-bond donors (Lipinski definition) is 1. The van der Waals surface area contributed by atoms with Crippen molar-refractivity contribution < 1.29 is 0 Å². The van der Waals surface area contributed by atoms with E-state index in [1.54, 1.807) is 6.20 Å². The molecule has 0 fully saturated rings. The Balaban J connectivity index is 3.11. The maximum atomic E-state index is 10.6. The van der Waals surface area contributed by atoms with Gasteiger partial charge >= 0.3 is 0 Å². The first kappa shape index (κ1) is 5.15. The van der Waals surface area contributed by atoms with E-state index in [0.29, 0.717) is 6.54 Å². The van der Waals surface area contributed by atoms with Crippen LogP contribution in [0.1, 0.15) is 6.92 Å². The summed E-state index contributed by atoms with van der Waals surface area (Å²) in [7, 11) is 0. The molecule has 44 valence electrons. The molecule has 0 atom stereocenters. The highest BCUT2D eigenvalue weighted by molar-refractivity contribution is 4.79. The minimum Gasteiger partial charge on any atom is -0.303 e. The lowest BCUT2D eigenvalue weighted by molar-refractivity contribution is 0.638.